The summed E-state index contributed by atoms with van der Waals surface area (Å²) in [5, 5.41) is 11.2. The molecule has 25 heavy (non-hydrogen) atoms. The SMILES string of the molecule is O=C(NC(Cc1ccccc1)(C(=O)O)C(F)F)OCc1ccccc1. The van der Waals surface area contributed by atoms with Crippen molar-refractivity contribution in [3.63, 3.8) is 0 Å². The number of alkyl carbamates (subject to hydrolysis) is 1. The van der Waals surface area contributed by atoms with Crippen molar-refractivity contribution in [2.75, 3.05) is 0 Å². The fourth-order valence-electron chi connectivity index (χ4n) is 2.26. The fourth-order valence-corrected chi connectivity index (χ4v) is 2.26. The predicted molar refractivity (Wildman–Crippen MR) is 86.3 cm³/mol. The number of amides is 1. The largest absolute Gasteiger partial charge is 0.479 e. The Hall–Kier alpha value is -2.96. The Balaban J connectivity index is 2.12. The minimum Gasteiger partial charge on any atom is -0.479 e. The molecule has 0 spiro atoms. The van der Waals surface area contributed by atoms with Crippen LogP contribution in [0.4, 0.5) is 13.6 Å². The molecule has 1 amide bonds. The molecule has 1 atom stereocenters. The van der Waals surface area contributed by atoms with Crippen LogP contribution in [0.2, 0.25) is 0 Å². The van der Waals surface area contributed by atoms with Gasteiger partial charge < -0.3 is 9.84 Å². The lowest BCUT2D eigenvalue weighted by Gasteiger charge is -2.29. The van der Waals surface area contributed by atoms with Gasteiger partial charge in [-0.2, -0.15) is 0 Å². The van der Waals surface area contributed by atoms with Crippen LogP contribution in [-0.4, -0.2) is 29.1 Å². The van der Waals surface area contributed by atoms with E-state index in [2.05, 4.69) is 0 Å². The van der Waals surface area contributed by atoms with Crippen molar-refractivity contribution >= 4 is 12.1 Å². The number of carbonyl (C=O) groups is 2. The normalized spacial score (nSPS) is 13.1. The van der Waals surface area contributed by atoms with E-state index in [4.69, 9.17) is 4.74 Å². The topological polar surface area (TPSA) is 75.6 Å². The highest BCUT2D eigenvalue weighted by molar-refractivity contribution is 5.85. The van der Waals surface area contributed by atoms with Gasteiger partial charge in [0.05, 0.1) is 0 Å². The molecular weight excluding hydrogens is 332 g/mol. The summed E-state index contributed by atoms with van der Waals surface area (Å²) in [6.07, 6.45) is -5.11. The van der Waals surface area contributed by atoms with Crippen LogP contribution in [-0.2, 0) is 22.6 Å². The summed E-state index contributed by atoms with van der Waals surface area (Å²) in [6, 6.07) is 16.5. The van der Waals surface area contributed by atoms with Crippen molar-refractivity contribution in [3.8, 4) is 0 Å². The second-order valence-corrected chi connectivity index (χ2v) is 5.43. The van der Waals surface area contributed by atoms with Crippen molar-refractivity contribution in [1.29, 1.82) is 0 Å². The van der Waals surface area contributed by atoms with Gasteiger partial charge in [-0.15, -0.1) is 0 Å². The molecule has 7 heteroatoms. The highest BCUT2D eigenvalue weighted by atomic mass is 19.3. The zero-order valence-electron chi connectivity index (χ0n) is 13.2. The fraction of sp³-hybridized carbons (Fsp3) is 0.222. The molecule has 0 saturated carbocycles. The van der Waals surface area contributed by atoms with Crippen molar-refractivity contribution in [1.82, 2.24) is 5.32 Å². The molecule has 132 valence electrons. The van der Waals surface area contributed by atoms with Gasteiger partial charge in [0.25, 0.3) is 6.43 Å². The molecule has 1 unspecified atom stereocenters. The first-order valence-electron chi connectivity index (χ1n) is 7.48. The average molecular weight is 349 g/mol. The molecule has 2 aromatic rings. The summed E-state index contributed by atoms with van der Waals surface area (Å²) in [7, 11) is 0. The molecule has 2 aromatic carbocycles. The maximum atomic E-state index is 13.6. The van der Waals surface area contributed by atoms with Gasteiger partial charge in [0.2, 0.25) is 5.54 Å². The van der Waals surface area contributed by atoms with Gasteiger partial charge in [-0.1, -0.05) is 60.7 Å². The van der Waals surface area contributed by atoms with E-state index < -0.39 is 30.4 Å². The summed E-state index contributed by atoms with van der Waals surface area (Å²) in [5.74, 6) is -1.83. The highest BCUT2D eigenvalue weighted by Gasteiger charge is 2.49. The van der Waals surface area contributed by atoms with Crippen molar-refractivity contribution in [3.05, 3.63) is 71.8 Å². The quantitative estimate of drug-likeness (QED) is 0.805. The molecule has 0 fully saturated rings. The molecule has 2 rings (SSSR count). The van der Waals surface area contributed by atoms with Crippen LogP contribution in [0.15, 0.2) is 60.7 Å². The number of hydrogen-bond donors (Lipinski definition) is 2. The van der Waals surface area contributed by atoms with Gasteiger partial charge in [0.15, 0.2) is 0 Å². The maximum Gasteiger partial charge on any atom is 0.408 e. The number of halogens is 2. The van der Waals surface area contributed by atoms with Crippen molar-refractivity contribution in [2.45, 2.75) is 25.0 Å². The van der Waals surface area contributed by atoms with E-state index in [0.29, 0.717) is 11.1 Å². The molecule has 0 heterocycles. The third-order valence-corrected chi connectivity index (χ3v) is 3.62. The number of nitrogens with one attached hydrogen (secondary N) is 1. The molecule has 0 bridgehead atoms. The molecule has 0 radical (unpaired) electrons. The Morgan fingerprint density at radius 2 is 1.52 bits per heavy atom. The van der Waals surface area contributed by atoms with E-state index in [1.54, 1.807) is 48.5 Å². The number of benzene rings is 2. The van der Waals surface area contributed by atoms with E-state index in [1.807, 2.05) is 5.32 Å². The smallest absolute Gasteiger partial charge is 0.408 e. The van der Waals surface area contributed by atoms with Gasteiger partial charge in [0.1, 0.15) is 6.61 Å². The van der Waals surface area contributed by atoms with Crippen molar-refractivity contribution < 1.29 is 28.2 Å². The average Bonchev–Trinajstić information content (AvgIpc) is 2.60. The van der Waals surface area contributed by atoms with Crippen LogP contribution in [0.5, 0.6) is 0 Å². The van der Waals surface area contributed by atoms with Gasteiger partial charge in [-0.05, 0) is 11.1 Å². The summed E-state index contributed by atoms with van der Waals surface area (Å²) in [6.45, 7) is -0.156. The molecule has 5 nitrogen and oxygen atoms in total. The van der Waals surface area contributed by atoms with Gasteiger partial charge >= 0.3 is 12.1 Å². The standard InChI is InChI=1S/C18H17F2NO4/c19-15(20)18(16(22)23,11-13-7-3-1-4-8-13)21-17(24)25-12-14-9-5-2-6-10-14/h1-10,15H,11-12H2,(H,21,24)(H,22,23). The third-order valence-electron chi connectivity index (χ3n) is 3.62. The van der Waals surface area contributed by atoms with Crippen LogP contribution in [0.3, 0.4) is 0 Å². The molecular formula is C18H17F2NO4. The van der Waals surface area contributed by atoms with Crippen LogP contribution in [0, 0.1) is 0 Å². The van der Waals surface area contributed by atoms with Crippen LogP contribution >= 0.6 is 0 Å². The predicted octanol–water partition coefficient (Wildman–Crippen LogP) is 3.24. The number of rotatable bonds is 7. The minimum atomic E-state index is -3.32. The van der Waals surface area contributed by atoms with Gasteiger partial charge in [-0.25, -0.2) is 18.4 Å². The minimum absolute atomic E-state index is 0.156. The zero-order valence-corrected chi connectivity index (χ0v) is 13.2. The monoisotopic (exact) mass is 349 g/mol. The highest BCUT2D eigenvalue weighted by Crippen LogP contribution is 2.23. The molecule has 0 aliphatic heterocycles. The Bertz CT molecular complexity index is 710. The van der Waals surface area contributed by atoms with Crippen molar-refractivity contribution in [2.24, 2.45) is 0 Å². The van der Waals surface area contributed by atoms with Gasteiger partial charge in [-0.3, -0.25) is 5.32 Å². The molecule has 0 aliphatic carbocycles. The number of carboxylic acids is 1. The number of alkyl halides is 2. The Morgan fingerprint density at radius 1 is 1.00 bits per heavy atom. The van der Waals surface area contributed by atoms with Crippen LogP contribution in [0.1, 0.15) is 11.1 Å². The number of ether oxygens (including phenoxy) is 1. The van der Waals surface area contributed by atoms with E-state index in [-0.39, 0.29) is 6.61 Å². The van der Waals surface area contributed by atoms with E-state index in [9.17, 15) is 23.5 Å². The summed E-state index contributed by atoms with van der Waals surface area (Å²) in [5.41, 5.74) is -1.76. The summed E-state index contributed by atoms with van der Waals surface area (Å²) >= 11 is 0. The summed E-state index contributed by atoms with van der Waals surface area (Å²) in [4.78, 5) is 23.4. The molecule has 2 N–H and O–H groups in total. The van der Waals surface area contributed by atoms with E-state index >= 15 is 0 Å². The van der Waals surface area contributed by atoms with E-state index in [1.165, 1.54) is 12.1 Å². The number of carbonyl (C=O) groups excluding carboxylic acids is 1. The Kier molecular flexibility index (Phi) is 6.05. The second-order valence-electron chi connectivity index (χ2n) is 5.43. The maximum absolute atomic E-state index is 13.6. The first kappa shape index (κ1) is 18.4. The lowest BCUT2D eigenvalue weighted by molar-refractivity contribution is -0.151. The third kappa shape index (κ3) is 4.76. The van der Waals surface area contributed by atoms with Crippen LogP contribution in [0.25, 0.3) is 0 Å². The number of aliphatic carboxylic acids is 1. The molecule has 0 aromatic heterocycles. The first-order valence-corrected chi connectivity index (χ1v) is 7.48. The van der Waals surface area contributed by atoms with E-state index in [0.717, 1.165) is 0 Å². The second kappa shape index (κ2) is 8.23. The number of carboxylic acid groups (broad SMARTS) is 1. The number of hydrogen-bond acceptors (Lipinski definition) is 3. The lowest BCUT2D eigenvalue weighted by Crippen LogP contribution is -2.61. The zero-order chi connectivity index (χ0) is 18.3. The molecule has 0 aliphatic rings. The molecule has 0 saturated heterocycles. The Morgan fingerprint density at radius 3 is 2.00 bits per heavy atom. The summed E-state index contributed by atoms with van der Waals surface area (Å²) < 4.78 is 32.0. The van der Waals surface area contributed by atoms with Crippen LogP contribution < -0.4 is 5.32 Å². The Labute approximate surface area is 143 Å². The lowest BCUT2D eigenvalue weighted by atomic mass is 9.91. The van der Waals surface area contributed by atoms with Gasteiger partial charge in [0, 0.05) is 6.42 Å². The first-order chi connectivity index (χ1) is 11.9.